The van der Waals surface area contributed by atoms with E-state index in [1.54, 1.807) is 24.4 Å². The third kappa shape index (κ3) is 5.14. The average Bonchev–Trinajstić information content (AvgIpc) is 2.64. The first kappa shape index (κ1) is 17.6. The third-order valence-electron chi connectivity index (χ3n) is 3.93. The van der Waals surface area contributed by atoms with E-state index in [2.05, 4.69) is 9.97 Å². The standard InChI is InChI=1S/C17H21N3O4S/c21-25(22,12-11-23-15-5-2-1-3-6-15)20-10-4-7-16(13-20)24-17-8-9-18-14-19-17/h1-3,5-6,8-9,14,16H,4,7,10-13H2. The molecular formula is C17H21N3O4S. The van der Waals surface area contributed by atoms with E-state index in [4.69, 9.17) is 9.47 Å². The maximum Gasteiger partial charge on any atom is 0.217 e. The number of nitrogens with zero attached hydrogens (tertiary/aromatic N) is 3. The van der Waals surface area contributed by atoms with E-state index in [-0.39, 0.29) is 18.5 Å². The van der Waals surface area contributed by atoms with Gasteiger partial charge in [-0.15, -0.1) is 0 Å². The molecule has 25 heavy (non-hydrogen) atoms. The van der Waals surface area contributed by atoms with Crippen molar-refractivity contribution in [2.75, 3.05) is 25.4 Å². The molecule has 2 heterocycles. The van der Waals surface area contributed by atoms with E-state index >= 15 is 0 Å². The summed E-state index contributed by atoms with van der Waals surface area (Å²) >= 11 is 0. The number of piperidine rings is 1. The van der Waals surface area contributed by atoms with Crippen molar-refractivity contribution in [2.45, 2.75) is 18.9 Å². The Morgan fingerprint density at radius 3 is 2.80 bits per heavy atom. The maximum absolute atomic E-state index is 12.5. The fourth-order valence-electron chi connectivity index (χ4n) is 2.68. The van der Waals surface area contributed by atoms with Crippen molar-refractivity contribution in [1.82, 2.24) is 14.3 Å². The highest BCUT2D eigenvalue weighted by Gasteiger charge is 2.30. The minimum Gasteiger partial charge on any atom is -0.492 e. The van der Waals surface area contributed by atoms with Crippen LogP contribution < -0.4 is 9.47 Å². The fourth-order valence-corrected chi connectivity index (χ4v) is 4.04. The Hall–Kier alpha value is -2.19. The SMILES string of the molecule is O=S(=O)(CCOc1ccccc1)N1CCCC(Oc2ccncn2)C1. The van der Waals surface area contributed by atoms with Gasteiger partial charge < -0.3 is 9.47 Å². The summed E-state index contributed by atoms with van der Waals surface area (Å²) in [5.41, 5.74) is 0. The number of rotatable bonds is 7. The minimum absolute atomic E-state index is 0.0535. The molecule has 8 heteroatoms. The van der Waals surface area contributed by atoms with Gasteiger partial charge in [0.2, 0.25) is 15.9 Å². The van der Waals surface area contributed by atoms with Crippen molar-refractivity contribution < 1.29 is 17.9 Å². The third-order valence-corrected chi connectivity index (χ3v) is 5.73. The van der Waals surface area contributed by atoms with Crippen LogP contribution in [0.4, 0.5) is 0 Å². The van der Waals surface area contributed by atoms with Crippen LogP contribution >= 0.6 is 0 Å². The lowest BCUT2D eigenvalue weighted by atomic mass is 10.1. The first-order valence-electron chi connectivity index (χ1n) is 8.22. The molecule has 1 fully saturated rings. The van der Waals surface area contributed by atoms with Gasteiger partial charge in [-0.3, -0.25) is 0 Å². The van der Waals surface area contributed by atoms with Gasteiger partial charge in [0.15, 0.2) is 0 Å². The first-order valence-corrected chi connectivity index (χ1v) is 9.83. The van der Waals surface area contributed by atoms with Crippen molar-refractivity contribution in [3.63, 3.8) is 0 Å². The predicted molar refractivity (Wildman–Crippen MR) is 93.0 cm³/mol. The molecule has 0 spiro atoms. The zero-order valence-corrected chi connectivity index (χ0v) is 14.6. The number of aromatic nitrogens is 2. The maximum atomic E-state index is 12.5. The molecule has 7 nitrogen and oxygen atoms in total. The van der Waals surface area contributed by atoms with Gasteiger partial charge in [-0.2, -0.15) is 4.31 Å². The zero-order chi connectivity index (χ0) is 17.5. The van der Waals surface area contributed by atoms with Crippen LogP contribution in [-0.4, -0.2) is 54.2 Å². The second-order valence-corrected chi connectivity index (χ2v) is 7.85. The summed E-state index contributed by atoms with van der Waals surface area (Å²) in [6.07, 6.45) is 4.37. The number of para-hydroxylation sites is 1. The molecule has 2 aromatic rings. The molecule has 0 amide bonds. The number of hydrogen-bond donors (Lipinski definition) is 0. The van der Waals surface area contributed by atoms with Crippen LogP contribution in [-0.2, 0) is 10.0 Å². The highest BCUT2D eigenvalue weighted by Crippen LogP contribution is 2.19. The Balaban J connectivity index is 1.52. The van der Waals surface area contributed by atoms with Gasteiger partial charge in [-0.25, -0.2) is 18.4 Å². The van der Waals surface area contributed by atoms with Gasteiger partial charge >= 0.3 is 0 Å². The summed E-state index contributed by atoms with van der Waals surface area (Å²) in [4.78, 5) is 7.86. The van der Waals surface area contributed by atoms with Crippen molar-refractivity contribution in [2.24, 2.45) is 0 Å². The topological polar surface area (TPSA) is 81.6 Å². The summed E-state index contributed by atoms with van der Waals surface area (Å²) in [5, 5.41) is 0. The second kappa shape index (κ2) is 8.26. The van der Waals surface area contributed by atoms with Crippen molar-refractivity contribution >= 4 is 10.0 Å². The van der Waals surface area contributed by atoms with E-state index in [0.717, 1.165) is 12.8 Å². The van der Waals surface area contributed by atoms with E-state index in [1.165, 1.54) is 10.6 Å². The van der Waals surface area contributed by atoms with Crippen LogP contribution in [0.2, 0.25) is 0 Å². The van der Waals surface area contributed by atoms with Gasteiger partial charge in [0, 0.05) is 18.8 Å². The summed E-state index contributed by atoms with van der Waals surface area (Å²) < 4.78 is 37.8. The van der Waals surface area contributed by atoms with Crippen molar-refractivity contribution in [3.05, 3.63) is 48.9 Å². The van der Waals surface area contributed by atoms with Gasteiger partial charge in [0.1, 0.15) is 24.8 Å². The van der Waals surface area contributed by atoms with E-state index in [9.17, 15) is 8.42 Å². The molecule has 1 saturated heterocycles. The van der Waals surface area contributed by atoms with Crippen LogP contribution in [0.3, 0.4) is 0 Å². The second-order valence-electron chi connectivity index (χ2n) is 5.77. The molecular weight excluding hydrogens is 342 g/mol. The molecule has 1 atom stereocenters. The molecule has 1 aliphatic rings. The quantitative estimate of drug-likeness (QED) is 0.745. The van der Waals surface area contributed by atoms with Gasteiger partial charge in [0.05, 0.1) is 12.3 Å². The molecule has 134 valence electrons. The summed E-state index contributed by atoms with van der Waals surface area (Å²) in [6, 6.07) is 10.9. The minimum atomic E-state index is -3.38. The molecule has 1 aromatic heterocycles. The molecule has 0 N–H and O–H groups in total. The lowest BCUT2D eigenvalue weighted by molar-refractivity contribution is 0.124. The van der Waals surface area contributed by atoms with E-state index < -0.39 is 10.0 Å². The smallest absolute Gasteiger partial charge is 0.217 e. The molecule has 1 aliphatic heterocycles. The van der Waals surface area contributed by atoms with E-state index in [0.29, 0.717) is 24.7 Å². The van der Waals surface area contributed by atoms with Crippen LogP contribution in [0, 0.1) is 0 Å². The molecule has 1 aromatic carbocycles. The molecule has 0 bridgehead atoms. The van der Waals surface area contributed by atoms with Crippen LogP contribution in [0.5, 0.6) is 11.6 Å². The Labute approximate surface area is 147 Å². The highest BCUT2D eigenvalue weighted by atomic mass is 32.2. The Kier molecular flexibility index (Phi) is 5.83. The molecule has 0 saturated carbocycles. The number of sulfonamides is 1. The normalized spacial score (nSPS) is 18.6. The van der Waals surface area contributed by atoms with Gasteiger partial charge in [-0.05, 0) is 25.0 Å². The number of benzene rings is 1. The van der Waals surface area contributed by atoms with E-state index in [1.807, 2.05) is 18.2 Å². The van der Waals surface area contributed by atoms with Crippen LogP contribution in [0.1, 0.15) is 12.8 Å². The van der Waals surface area contributed by atoms with Crippen molar-refractivity contribution in [3.8, 4) is 11.6 Å². The molecule has 0 aliphatic carbocycles. The van der Waals surface area contributed by atoms with Crippen molar-refractivity contribution in [1.29, 1.82) is 0 Å². The van der Waals surface area contributed by atoms with Crippen LogP contribution in [0.15, 0.2) is 48.9 Å². The summed E-state index contributed by atoms with van der Waals surface area (Å²) in [6.45, 7) is 0.968. The Morgan fingerprint density at radius 2 is 2.04 bits per heavy atom. The Morgan fingerprint density at radius 1 is 1.20 bits per heavy atom. The fraction of sp³-hybridized carbons (Fsp3) is 0.412. The first-order chi connectivity index (χ1) is 12.1. The lowest BCUT2D eigenvalue weighted by Crippen LogP contribution is -2.45. The Bertz CT molecular complexity index is 756. The molecule has 0 radical (unpaired) electrons. The molecule has 3 rings (SSSR count). The number of hydrogen-bond acceptors (Lipinski definition) is 6. The predicted octanol–water partition coefficient (Wildman–Crippen LogP) is 1.73. The zero-order valence-electron chi connectivity index (χ0n) is 13.8. The summed E-state index contributed by atoms with van der Waals surface area (Å²) in [5.74, 6) is 1.08. The monoisotopic (exact) mass is 363 g/mol. The largest absolute Gasteiger partial charge is 0.492 e. The number of ether oxygens (including phenoxy) is 2. The van der Waals surface area contributed by atoms with Crippen LogP contribution in [0.25, 0.3) is 0 Å². The lowest BCUT2D eigenvalue weighted by Gasteiger charge is -2.31. The highest BCUT2D eigenvalue weighted by molar-refractivity contribution is 7.89. The van der Waals surface area contributed by atoms with Gasteiger partial charge in [0.25, 0.3) is 0 Å². The average molecular weight is 363 g/mol. The summed E-state index contributed by atoms with van der Waals surface area (Å²) in [7, 11) is -3.38. The van der Waals surface area contributed by atoms with Gasteiger partial charge in [-0.1, -0.05) is 18.2 Å². The molecule has 1 unspecified atom stereocenters.